The van der Waals surface area contributed by atoms with E-state index in [1.165, 1.54) is 31.2 Å². The summed E-state index contributed by atoms with van der Waals surface area (Å²) >= 11 is 0. The molecule has 0 saturated carbocycles. The molecule has 24 heavy (non-hydrogen) atoms. The highest BCUT2D eigenvalue weighted by molar-refractivity contribution is 6.36. The van der Waals surface area contributed by atoms with Crippen molar-refractivity contribution in [1.29, 1.82) is 0 Å². The van der Waals surface area contributed by atoms with E-state index in [1.54, 1.807) is 6.07 Å². The summed E-state index contributed by atoms with van der Waals surface area (Å²) in [5.74, 6) is -3.51. The minimum Gasteiger partial charge on any atom is -0.399 e. The Kier molecular flexibility index (Phi) is 4.60. The highest BCUT2D eigenvalue weighted by atomic mass is 16.6. The Balaban J connectivity index is 2.57. The third-order valence-electron chi connectivity index (χ3n) is 3.39. The van der Waals surface area contributed by atoms with Crippen LogP contribution in [0.5, 0.6) is 0 Å². The predicted molar refractivity (Wildman–Crippen MR) is 78.9 cm³/mol. The molecule has 0 aromatic heterocycles. The summed E-state index contributed by atoms with van der Waals surface area (Å²) in [6.07, 6.45) is 0. The number of nitrogens with zero attached hydrogens (tertiary/aromatic N) is 2. The maximum absolute atomic E-state index is 12.5. The number of benzene rings is 1. The zero-order valence-corrected chi connectivity index (χ0v) is 12.8. The van der Waals surface area contributed by atoms with Crippen LogP contribution in [-0.2, 0) is 14.4 Å². The van der Waals surface area contributed by atoms with Crippen LogP contribution >= 0.6 is 0 Å². The first-order valence-electron chi connectivity index (χ1n) is 6.69. The van der Waals surface area contributed by atoms with Crippen LogP contribution < -0.4 is 10.6 Å². The van der Waals surface area contributed by atoms with E-state index in [4.69, 9.17) is 0 Å². The summed E-state index contributed by atoms with van der Waals surface area (Å²) in [6.45, 7) is 1.19. The van der Waals surface area contributed by atoms with E-state index >= 15 is 0 Å². The SMILES string of the molecule is CO/N=C(\C)C1(N(O)C(=O)c2ccccc2)C(=O)NC(=O)NC1=O. The van der Waals surface area contributed by atoms with E-state index in [0.717, 1.165) is 7.11 Å². The topological polar surface area (TPSA) is 137 Å². The molecule has 1 heterocycles. The fourth-order valence-corrected chi connectivity index (χ4v) is 2.25. The summed E-state index contributed by atoms with van der Waals surface area (Å²) in [7, 11) is 1.15. The Bertz CT molecular complexity index is 710. The summed E-state index contributed by atoms with van der Waals surface area (Å²) in [4.78, 5) is 53.0. The standard InChI is InChI=1S/C14H14N4O6/c1-8(17-24-2)14(11(20)15-13(22)16-12(14)21)18(23)10(19)9-6-4-3-5-7-9/h3-7,23H,1-2H3,(H2,15,16,20,21,22)/b17-8+. The number of imide groups is 2. The zero-order chi connectivity index (χ0) is 17.9. The lowest BCUT2D eigenvalue weighted by atomic mass is 9.89. The number of carbonyl (C=O) groups excluding carboxylic acids is 4. The van der Waals surface area contributed by atoms with Crippen molar-refractivity contribution < 1.29 is 29.2 Å². The molecule has 0 unspecified atom stereocenters. The van der Waals surface area contributed by atoms with E-state index < -0.39 is 29.3 Å². The third kappa shape index (κ3) is 2.58. The average Bonchev–Trinajstić information content (AvgIpc) is 2.54. The first-order chi connectivity index (χ1) is 11.4. The van der Waals surface area contributed by atoms with Crippen molar-refractivity contribution in [3.8, 4) is 0 Å². The number of rotatable bonds is 4. The molecular formula is C14H14N4O6. The smallest absolute Gasteiger partial charge is 0.328 e. The summed E-state index contributed by atoms with van der Waals surface area (Å²) < 4.78 is 0. The predicted octanol–water partition coefficient (Wildman–Crippen LogP) is -0.355. The molecule has 1 aromatic rings. The summed E-state index contributed by atoms with van der Waals surface area (Å²) in [6, 6.07) is 6.40. The van der Waals surface area contributed by atoms with Crippen molar-refractivity contribution in [3.63, 3.8) is 0 Å². The Labute approximate surface area is 136 Å². The molecule has 10 heteroatoms. The van der Waals surface area contributed by atoms with Gasteiger partial charge in [0.1, 0.15) is 12.8 Å². The van der Waals surface area contributed by atoms with Crippen molar-refractivity contribution in [3.05, 3.63) is 35.9 Å². The molecule has 0 radical (unpaired) electrons. The number of hydroxylamine groups is 2. The van der Waals surface area contributed by atoms with Crippen LogP contribution in [0, 0.1) is 0 Å². The van der Waals surface area contributed by atoms with Crippen LogP contribution in [0.15, 0.2) is 35.5 Å². The average molecular weight is 334 g/mol. The van der Waals surface area contributed by atoms with Gasteiger partial charge in [-0.15, -0.1) is 0 Å². The molecule has 0 bridgehead atoms. The molecule has 0 atom stereocenters. The summed E-state index contributed by atoms with van der Waals surface area (Å²) in [5, 5.41) is 17.4. The number of carbonyl (C=O) groups is 4. The molecular weight excluding hydrogens is 320 g/mol. The first-order valence-corrected chi connectivity index (χ1v) is 6.69. The summed E-state index contributed by atoms with van der Waals surface area (Å²) in [5.41, 5.74) is -2.92. The van der Waals surface area contributed by atoms with Gasteiger partial charge in [-0.3, -0.25) is 30.2 Å². The van der Waals surface area contributed by atoms with Gasteiger partial charge in [0.2, 0.25) is 0 Å². The van der Waals surface area contributed by atoms with Gasteiger partial charge in [-0.2, -0.15) is 5.06 Å². The highest BCUT2D eigenvalue weighted by Crippen LogP contribution is 2.22. The Morgan fingerprint density at radius 1 is 1.17 bits per heavy atom. The molecule has 1 aromatic carbocycles. The van der Waals surface area contributed by atoms with Crippen molar-refractivity contribution in [2.24, 2.45) is 5.16 Å². The van der Waals surface area contributed by atoms with E-state index in [9.17, 15) is 24.4 Å². The molecule has 2 rings (SSSR count). The molecule has 10 nitrogen and oxygen atoms in total. The van der Waals surface area contributed by atoms with E-state index in [0.29, 0.717) is 0 Å². The van der Waals surface area contributed by atoms with Crippen molar-refractivity contribution in [1.82, 2.24) is 15.7 Å². The number of oxime groups is 1. The fraction of sp³-hybridized carbons (Fsp3) is 0.214. The molecule has 0 spiro atoms. The highest BCUT2D eigenvalue weighted by Gasteiger charge is 2.60. The second-order valence-electron chi connectivity index (χ2n) is 4.79. The van der Waals surface area contributed by atoms with Crippen LogP contribution in [-0.4, -0.2) is 52.4 Å². The van der Waals surface area contributed by atoms with Crippen LogP contribution in [0.4, 0.5) is 4.79 Å². The number of barbiturate groups is 1. The van der Waals surface area contributed by atoms with Gasteiger partial charge in [-0.05, 0) is 19.1 Å². The third-order valence-corrected chi connectivity index (χ3v) is 3.39. The minimum absolute atomic E-state index is 0.0158. The lowest BCUT2D eigenvalue weighted by Crippen LogP contribution is -2.76. The Morgan fingerprint density at radius 2 is 1.71 bits per heavy atom. The second-order valence-corrected chi connectivity index (χ2v) is 4.79. The van der Waals surface area contributed by atoms with Gasteiger partial charge in [0.15, 0.2) is 0 Å². The molecule has 1 saturated heterocycles. The van der Waals surface area contributed by atoms with Gasteiger partial charge in [-0.1, -0.05) is 23.4 Å². The zero-order valence-electron chi connectivity index (χ0n) is 12.8. The number of amides is 5. The Hall–Kier alpha value is -3.27. The lowest BCUT2D eigenvalue weighted by molar-refractivity contribution is -0.163. The molecule has 1 aliphatic rings. The molecule has 1 aliphatic heterocycles. The maximum Gasteiger partial charge on any atom is 0.328 e. The molecule has 3 N–H and O–H groups in total. The lowest BCUT2D eigenvalue weighted by Gasteiger charge is -2.38. The maximum atomic E-state index is 12.5. The monoisotopic (exact) mass is 334 g/mol. The minimum atomic E-state index is -2.59. The van der Waals surface area contributed by atoms with Crippen molar-refractivity contribution in [2.75, 3.05) is 7.11 Å². The van der Waals surface area contributed by atoms with Crippen LogP contribution in [0.1, 0.15) is 17.3 Å². The molecule has 126 valence electrons. The van der Waals surface area contributed by atoms with E-state index in [-0.39, 0.29) is 16.3 Å². The number of urea groups is 1. The van der Waals surface area contributed by atoms with Gasteiger partial charge in [-0.25, -0.2) is 4.79 Å². The van der Waals surface area contributed by atoms with Crippen LogP contribution in [0.2, 0.25) is 0 Å². The fourth-order valence-electron chi connectivity index (χ4n) is 2.25. The van der Waals surface area contributed by atoms with Gasteiger partial charge in [0.05, 0.1) is 0 Å². The van der Waals surface area contributed by atoms with Crippen LogP contribution in [0.25, 0.3) is 0 Å². The molecule has 1 fully saturated rings. The van der Waals surface area contributed by atoms with Gasteiger partial charge in [0.25, 0.3) is 23.3 Å². The van der Waals surface area contributed by atoms with Crippen LogP contribution in [0.3, 0.4) is 0 Å². The van der Waals surface area contributed by atoms with Crippen molar-refractivity contribution in [2.45, 2.75) is 12.5 Å². The number of hydrogen-bond donors (Lipinski definition) is 3. The van der Waals surface area contributed by atoms with Gasteiger partial charge < -0.3 is 4.84 Å². The van der Waals surface area contributed by atoms with Crippen molar-refractivity contribution >= 4 is 29.5 Å². The Morgan fingerprint density at radius 3 is 2.21 bits per heavy atom. The number of nitrogens with one attached hydrogen (secondary N) is 2. The second kappa shape index (κ2) is 6.46. The molecule has 0 aliphatic carbocycles. The quantitative estimate of drug-likeness (QED) is 0.298. The van der Waals surface area contributed by atoms with Gasteiger partial charge >= 0.3 is 6.03 Å². The van der Waals surface area contributed by atoms with E-state index in [2.05, 4.69) is 9.99 Å². The van der Waals surface area contributed by atoms with E-state index in [1.807, 2.05) is 10.6 Å². The number of hydrogen-bond acceptors (Lipinski definition) is 7. The normalized spacial score (nSPS) is 17.0. The first kappa shape index (κ1) is 17.1. The molecule has 5 amide bonds. The largest absolute Gasteiger partial charge is 0.399 e. The van der Waals surface area contributed by atoms with Gasteiger partial charge in [0, 0.05) is 5.56 Å².